The second-order valence-electron chi connectivity index (χ2n) is 5.06. The molecule has 0 radical (unpaired) electrons. The summed E-state index contributed by atoms with van der Waals surface area (Å²) in [5, 5.41) is 4.28. The lowest BCUT2D eigenvalue weighted by molar-refractivity contribution is 1.02. The van der Waals surface area contributed by atoms with Crippen LogP contribution >= 0.6 is 11.3 Å². The number of hydrogen-bond donors (Lipinski definition) is 2. The molecule has 0 amide bonds. The molecule has 118 valence electrons. The Hall–Kier alpha value is -1.88. The van der Waals surface area contributed by atoms with Gasteiger partial charge in [0.15, 0.2) is 5.96 Å². The smallest absolute Gasteiger partial charge is 0.193 e. The lowest BCUT2D eigenvalue weighted by Crippen LogP contribution is -2.24. The average molecular weight is 316 g/mol. The molecule has 0 aliphatic rings. The first-order chi connectivity index (χ1) is 10.7. The van der Waals surface area contributed by atoms with Crippen LogP contribution in [0.3, 0.4) is 0 Å². The van der Waals surface area contributed by atoms with Crippen molar-refractivity contribution < 1.29 is 0 Å². The summed E-state index contributed by atoms with van der Waals surface area (Å²) in [4.78, 5) is 10.1. The number of aryl methyl sites for hydroxylation is 3. The second kappa shape index (κ2) is 7.94. The normalized spacial score (nSPS) is 11.7. The number of aliphatic imine (C=N–C) groups is 1. The maximum atomic E-state index is 6.06. The van der Waals surface area contributed by atoms with Crippen LogP contribution in [0.15, 0.2) is 29.4 Å². The fourth-order valence-electron chi connectivity index (χ4n) is 2.31. The standard InChI is InChI=1S/C17H24N4S/c1-4-12-8-7-9-13(5-2)16(12)21-17(18)20-11-15-19-10-14(6-3)22-15/h7-10H,4-6,11H2,1-3H3,(H3,18,20,21). The van der Waals surface area contributed by atoms with Crippen molar-refractivity contribution in [1.29, 1.82) is 0 Å². The molecule has 0 saturated heterocycles. The zero-order valence-electron chi connectivity index (χ0n) is 13.5. The Labute approximate surface area is 136 Å². The predicted octanol–water partition coefficient (Wildman–Crippen LogP) is 3.76. The van der Waals surface area contributed by atoms with Gasteiger partial charge in [0.2, 0.25) is 0 Å². The van der Waals surface area contributed by atoms with Gasteiger partial charge in [0.1, 0.15) is 5.01 Å². The highest BCUT2D eigenvalue weighted by molar-refractivity contribution is 7.11. The van der Waals surface area contributed by atoms with Crippen molar-refractivity contribution in [2.24, 2.45) is 10.7 Å². The summed E-state index contributed by atoms with van der Waals surface area (Å²) in [7, 11) is 0. The molecule has 1 aromatic carbocycles. The number of anilines is 1. The van der Waals surface area contributed by atoms with E-state index >= 15 is 0 Å². The zero-order chi connectivity index (χ0) is 15.9. The summed E-state index contributed by atoms with van der Waals surface area (Å²) in [6.07, 6.45) is 4.87. The molecule has 3 N–H and O–H groups in total. The summed E-state index contributed by atoms with van der Waals surface area (Å²) in [6, 6.07) is 6.35. The molecular weight excluding hydrogens is 292 g/mol. The van der Waals surface area contributed by atoms with Crippen LogP contribution in [0.25, 0.3) is 0 Å². The lowest BCUT2D eigenvalue weighted by atomic mass is 10.0. The van der Waals surface area contributed by atoms with Gasteiger partial charge >= 0.3 is 0 Å². The third-order valence-corrected chi connectivity index (χ3v) is 4.71. The number of aromatic nitrogens is 1. The summed E-state index contributed by atoms with van der Waals surface area (Å²) >= 11 is 1.69. The van der Waals surface area contributed by atoms with Gasteiger partial charge in [-0.05, 0) is 30.4 Å². The highest BCUT2D eigenvalue weighted by Gasteiger charge is 2.07. The van der Waals surface area contributed by atoms with Gasteiger partial charge in [0, 0.05) is 16.8 Å². The molecule has 0 bridgehead atoms. The number of rotatable bonds is 6. The minimum Gasteiger partial charge on any atom is -0.370 e. The third-order valence-electron chi connectivity index (χ3n) is 3.59. The maximum Gasteiger partial charge on any atom is 0.193 e. The van der Waals surface area contributed by atoms with E-state index in [4.69, 9.17) is 5.73 Å². The van der Waals surface area contributed by atoms with Gasteiger partial charge in [-0.25, -0.2) is 9.98 Å². The Kier molecular flexibility index (Phi) is 5.95. The van der Waals surface area contributed by atoms with Gasteiger partial charge in [-0.3, -0.25) is 0 Å². The molecule has 0 fully saturated rings. The number of thiazole rings is 1. The summed E-state index contributed by atoms with van der Waals surface area (Å²) in [6.45, 7) is 6.95. The number of nitrogens with one attached hydrogen (secondary N) is 1. The Morgan fingerprint density at radius 2 is 1.86 bits per heavy atom. The van der Waals surface area contributed by atoms with Crippen molar-refractivity contribution in [3.63, 3.8) is 0 Å². The van der Waals surface area contributed by atoms with Crippen LogP contribution in [0.5, 0.6) is 0 Å². The van der Waals surface area contributed by atoms with E-state index in [9.17, 15) is 0 Å². The molecule has 0 aliphatic carbocycles. The first-order valence-corrected chi connectivity index (χ1v) is 8.60. The van der Waals surface area contributed by atoms with Crippen LogP contribution in [0.4, 0.5) is 5.69 Å². The molecule has 1 aromatic heterocycles. The SMILES string of the molecule is CCc1cnc(CN=C(N)Nc2c(CC)cccc2CC)s1. The van der Waals surface area contributed by atoms with Crippen LogP contribution in [-0.2, 0) is 25.8 Å². The maximum absolute atomic E-state index is 6.06. The first-order valence-electron chi connectivity index (χ1n) is 7.79. The van der Waals surface area contributed by atoms with E-state index in [-0.39, 0.29) is 0 Å². The highest BCUT2D eigenvalue weighted by atomic mass is 32.1. The van der Waals surface area contributed by atoms with E-state index in [1.165, 1.54) is 16.0 Å². The molecule has 0 saturated carbocycles. The molecule has 0 aliphatic heterocycles. The largest absolute Gasteiger partial charge is 0.370 e. The number of para-hydroxylation sites is 1. The van der Waals surface area contributed by atoms with Crippen LogP contribution in [-0.4, -0.2) is 10.9 Å². The van der Waals surface area contributed by atoms with Crippen molar-refractivity contribution in [2.75, 3.05) is 5.32 Å². The van der Waals surface area contributed by atoms with E-state index in [1.807, 2.05) is 6.20 Å². The van der Waals surface area contributed by atoms with Gasteiger partial charge in [0.25, 0.3) is 0 Å². The van der Waals surface area contributed by atoms with Gasteiger partial charge in [-0.2, -0.15) is 0 Å². The first kappa shape index (κ1) is 16.5. The third kappa shape index (κ3) is 4.07. The fourth-order valence-corrected chi connectivity index (χ4v) is 3.10. The molecule has 0 unspecified atom stereocenters. The van der Waals surface area contributed by atoms with Crippen LogP contribution in [0.1, 0.15) is 41.8 Å². The summed E-state index contributed by atoms with van der Waals surface area (Å²) in [5.74, 6) is 0.448. The summed E-state index contributed by atoms with van der Waals surface area (Å²) < 4.78 is 0. The molecule has 0 atom stereocenters. The summed E-state index contributed by atoms with van der Waals surface area (Å²) in [5.41, 5.74) is 9.68. The van der Waals surface area contributed by atoms with Crippen molar-refractivity contribution in [3.05, 3.63) is 45.4 Å². The van der Waals surface area contributed by atoms with E-state index in [0.717, 1.165) is 30.0 Å². The monoisotopic (exact) mass is 316 g/mol. The van der Waals surface area contributed by atoms with Crippen molar-refractivity contribution >= 4 is 23.0 Å². The van der Waals surface area contributed by atoms with Crippen LogP contribution in [0, 0.1) is 0 Å². The number of nitrogens with zero attached hydrogens (tertiary/aromatic N) is 2. The van der Waals surface area contributed by atoms with Crippen molar-refractivity contribution in [1.82, 2.24) is 4.98 Å². The molecule has 1 heterocycles. The lowest BCUT2D eigenvalue weighted by Gasteiger charge is -2.14. The molecule has 0 spiro atoms. The van der Waals surface area contributed by atoms with E-state index < -0.39 is 0 Å². The highest BCUT2D eigenvalue weighted by Crippen LogP contribution is 2.22. The minimum atomic E-state index is 0.448. The number of benzene rings is 1. The Morgan fingerprint density at radius 3 is 2.41 bits per heavy atom. The zero-order valence-corrected chi connectivity index (χ0v) is 14.3. The van der Waals surface area contributed by atoms with Gasteiger partial charge in [-0.15, -0.1) is 11.3 Å². The van der Waals surface area contributed by atoms with Crippen molar-refractivity contribution in [2.45, 2.75) is 46.6 Å². The quantitative estimate of drug-likeness (QED) is 0.630. The Bertz CT molecular complexity index is 624. The average Bonchev–Trinajstić information content (AvgIpc) is 3.01. The topological polar surface area (TPSA) is 63.3 Å². The number of nitrogens with two attached hydrogens (primary N) is 1. The Morgan fingerprint density at radius 1 is 1.18 bits per heavy atom. The van der Waals surface area contributed by atoms with Gasteiger partial charge < -0.3 is 11.1 Å². The predicted molar refractivity (Wildman–Crippen MR) is 95.6 cm³/mol. The van der Waals surface area contributed by atoms with Gasteiger partial charge in [0.05, 0.1) is 6.54 Å². The van der Waals surface area contributed by atoms with E-state index in [2.05, 4.69) is 54.3 Å². The molecular formula is C17H24N4S. The molecule has 2 aromatic rings. The second-order valence-corrected chi connectivity index (χ2v) is 6.26. The van der Waals surface area contributed by atoms with E-state index in [1.54, 1.807) is 11.3 Å². The fraction of sp³-hybridized carbons (Fsp3) is 0.412. The molecule has 2 rings (SSSR count). The van der Waals surface area contributed by atoms with Gasteiger partial charge in [-0.1, -0.05) is 39.0 Å². The van der Waals surface area contributed by atoms with E-state index in [0.29, 0.717) is 12.5 Å². The minimum absolute atomic E-state index is 0.448. The van der Waals surface area contributed by atoms with Crippen molar-refractivity contribution in [3.8, 4) is 0 Å². The Balaban J connectivity index is 2.10. The van der Waals surface area contributed by atoms with Crippen LogP contribution < -0.4 is 11.1 Å². The number of guanidine groups is 1. The van der Waals surface area contributed by atoms with Crippen LogP contribution in [0.2, 0.25) is 0 Å². The number of hydrogen-bond acceptors (Lipinski definition) is 3. The molecule has 5 heteroatoms. The molecule has 22 heavy (non-hydrogen) atoms. The molecule has 4 nitrogen and oxygen atoms in total.